The monoisotopic (exact) mass is 997 g/mol. The molecule has 384 valence electrons. The molecule has 0 bridgehead atoms. The zero-order chi connectivity index (χ0) is 50.8. The summed E-state index contributed by atoms with van der Waals surface area (Å²) in [5.74, 6) is -1.43. The molecule has 5 aliphatic rings. The first-order chi connectivity index (χ1) is 35.6. The Morgan fingerprint density at radius 3 is 2.41 bits per heavy atom. The predicted molar refractivity (Wildman–Crippen MR) is 269 cm³/mol. The van der Waals surface area contributed by atoms with Gasteiger partial charge in [-0.15, -0.1) is 0 Å². The molecule has 73 heavy (non-hydrogen) atoms. The molecule has 3 aromatic carbocycles. The topological polar surface area (TPSA) is 209 Å². The highest BCUT2D eigenvalue weighted by Crippen LogP contribution is 2.36. The summed E-state index contributed by atoms with van der Waals surface area (Å²) < 4.78 is 29.9. The van der Waals surface area contributed by atoms with Crippen LogP contribution in [0.15, 0.2) is 73.3 Å². The fourth-order valence-corrected chi connectivity index (χ4v) is 10.6. The first kappa shape index (κ1) is 51.1. The Morgan fingerprint density at radius 1 is 0.849 bits per heavy atom. The summed E-state index contributed by atoms with van der Waals surface area (Å²) in [6, 6.07) is 21.3. The van der Waals surface area contributed by atoms with Crippen molar-refractivity contribution in [1.82, 2.24) is 30.0 Å². The number of nitrogens with zero attached hydrogens (tertiary/aromatic N) is 8. The van der Waals surface area contributed by atoms with Gasteiger partial charge in [-0.3, -0.25) is 39.1 Å². The molecule has 6 heterocycles. The van der Waals surface area contributed by atoms with Crippen molar-refractivity contribution in [3.05, 3.63) is 101 Å². The molecule has 9 rings (SSSR count). The van der Waals surface area contributed by atoms with E-state index in [1.807, 2.05) is 6.07 Å². The number of carbonyl (C=O) groups is 5. The maximum Gasteiger partial charge on any atom is 0.318 e. The summed E-state index contributed by atoms with van der Waals surface area (Å²) in [5.41, 5.74) is 4.43. The molecule has 5 amide bonds. The fraction of sp³-hybridized carbons (Fsp3) is 0.481. The number of fused-ring (bicyclic) bond motifs is 3. The summed E-state index contributed by atoms with van der Waals surface area (Å²) >= 11 is 0. The Labute approximate surface area is 424 Å². The van der Waals surface area contributed by atoms with E-state index in [9.17, 15) is 29.2 Å². The van der Waals surface area contributed by atoms with Crippen LogP contribution in [0.3, 0.4) is 0 Å². The highest BCUT2D eigenvalue weighted by atomic mass is 16.6. The second kappa shape index (κ2) is 23.8. The van der Waals surface area contributed by atoms with E-state index in [1.165, 1.54) is 16.8 Å². The van der Waals surface area contributed by atoms with Gasteiger partial charge in [0.05, 0.1) is 87.6 Å². The minimum absolute atomic E-state index is 0.00909. The summed E-state index contributed by atoms with van der Waals surface area (Å²) in [7, 11) is 2.07. The summed E-state index contributed by atoms with van der Waals surface area (Å²) in [6.07, 6.45) is 4.35. The molecule has 4 aromatic rings. The van der Waals surface area contributed by atoms with Gasteiger partial charge in [-0.2, -0.15) is 15.2 Å². The number of hydrogen-bond donors (Lipinski definition) is 1. The first-order valence-corrected chi connectivity index (χ1v) is 25.3. The molecule has 0 radical (unpaired) electrons. The molecule has 1 N–H and O–H groups in total. The number of benzene rings is 3. The average molecular weight is 998 g/mol. The number of amides is 5. The van der Waals surface area contributed by atoms with E-state index in [4.69, 9.17) is 33.7 Å². The van der Waals surface area contributed by atoms with Gasteiger partial charge in [0.1, 0.15) is 18.5 Å². The Hall–Kier alpha value is -6.82. The van der Waals surface area contributed by atoms with Gasteiger partial charge in [-0.25, -0.2) is 0 Å². The minimum Gasteiger partial charge on any atom is -0.462 e. The summed E-state index contributed by atoms with van der Waals surface area (Å²) in [4.78, 5) is 82.9. The van der Waals surface area contributed by atoms with Crippen LogP contribution in [-0.4, -0.2) is 171 Å². The van der Waals surface area contributed by atoms with E-state index < -0.39 is 29.7 Å². The Kier molecular flexibility index (Phi) is 16.7. The molecule has 19 nitrogen and oxygen atoms in total. The van der Waals surface area contributed by atoms with Crippen LogP contribution in [0.5, 0.6) is 6.01 Å². The number of imide groups is 2. The number of likely N-dealkylation sites (tertiary alicyclic amines) is 1. The maximum absolute atomic E-state index is 13.3. The Balaban J connectivity index is 0.692. The van der Waals surface area contributed by atoms with E-state index in [-0.39, 0.29) is 48.9 Å². The largest absolute Gasteiger partial charge is 0.462 e. The normalized spacial score (nSPS) is 21.1. The molecule has 3 fully saturated rings. The van der Waals surface area contributed by atoms with Crippen LogP contribution in [0.1, 0.15) is 69.6 Å². The van der Waals surface area contributed by atoms with Crippen LogP contribution in [0.4, 0.5) is 11.5 Å². The highest BCUT2D eigenvalue weighted by molar-refractivity contribution is 6.24. The fourth-order valence-electron chi connectivity index (χ4n) is 10.6. The average Bonchev–Trinajstić information content (AvgIpc) is 3.89. The van der Waals surface area contributed by atoms with E-state index >= 15 is 0 Å². The van der Waals surface area contributed by atoms with Crippen LogP contribution >= 0.6 is 0 Å². The molecule has 4 atom stereocenters. The summed E-state index contributed by atoms with van der Waals surface area (Å²) in [5, 5.41) is 14.3. The van der Waals surface area contributed by atoms with Gasteiger partial charge in [0.2, 0.25) is 17.7 Å². The Morgan fingerprint density at radius 2 is 1.62 bits per heavy atom. The Bertz CT molecular complexity index is 2740. The number of nitrogens with one attached hydrogen (secondary N) is 1. The van der Waals surface area contributed by atoms with Crippen LogP contribution in [0, 0.1) is 11.3 Å². The smallest absolute Gasteiger partial charge is 0.318 e. The molecule has 5 aliphatic heterocycles. The number of anilines is 2. The third kappa shape index (κ3) is 11.7. The zero-order valence-electron chi connectivity index (χ0n) is 41.4. The van der Waals surface area contributed by atoms with E-state index in [1.54, 1.807) is 17.0 Å². The number of piperidine rings is 1. The van der Waals surface area contributed by atoms with Crippen molar-refractivity contribution >= 4 is 51.8 Å². The van der Waals surface area contributed by atoms with Crippen molar-refractivity contribution in [3.63, 3.8) is 0 Å². The maximum atomic E-state index is 13.3. The van der Waals surface area contributed by atoms with Crippen molar-refractivity contribution in [3.8, 4) is 12.1 Å². The summed E-state index contributed by atoms with van der Waals surface area (Å²) in [6.45, 7) is 10.6. The molecular formula is C54H63N9O10. The number of rotatable bonds is 22. The molecule has 1 unspecified atom stereocenters. The van der Waals surface area contributed by atoms with E-state index in [2.05, 4.69) is 82.2 Å². The van der Waals surface area contributed by atoms with Gasteiger partial charge < -0.3 is 38.4 Å². The number of nitriles is 1. The lowest BCUT2D eigenvalue weighted by Gasteiger charge is -2.42. The van der Waals surface area contributed by atoms with Crippen LogP contribution in [0.2, 0.25) is 0 Å². The number of ether oxygens (including phenoxy) is 5. The molecule has 0 spiro atoms. The molecule has 3 saturated heterocycles. The van der Waals surface area contributed by atoms with Gasteiger partial charge in [-0.05, 0) is 68.3 Å². The van der Waals surface area contributed by atoms with Gasteiger partial charge in [0.25, 0.3) is 11.8 Å². The first-order valence-electron chi connectivity index (χ1n) is 25.3. The van der Waals surface area contributed by atoms with E-state index in [0.29, 0.717) is 103 Å². The van der Waals surface area contributed by atoms with E-state index in [0.717, 1.165) is 59.2 Å². The van der Waals surface area contributed by atoms with Crippen molar-refractivity contribution in [2.45, 2.75) is 75.7 Å². The number of likely N-dealkylation sites (N-methyl/N-ethyl adjacent to an activating group) is 1. The third-order valence-electron chi connectivity index (χ3n) is 14.4. The van der Waals surface area contributed by atoms with Gasteiger partial charge in [0, 0.05) is 68.4 Å². The second-order valence-corrected chi connectivity index (χ2v) is 19.0. The third-order valence-corrected chi connectivity index (χ3v) is 14.4. The van der Waals surface area contributed by atoms with Gasteiger partial charge in [0.15, 0.2) is 0 Å². The molecule has 0 aliphatic carbocycles. The van der Waals surface area contributed by atoms with Crippen LogP contribution in [-0.2, 0) is 52.7 Å². The molecule has 0 saturated carbocycles. The lowest BCUT2D eigenvalue weighted by molar-refractivity contribution is -0.136. The van der Waals surface area contributed by atoms with Crippen molar-refractivity contribution in [2.75, 3.05) is 102 Å². The van der Waals surface area contributed by atoms with Gasteiger partial charge in [-0.1, -0.05) is 55.1 Å². The standard InChI is InChI=1S/C54H63N9O10/c1-3-48(65)62-23-22-61(32-38(62)18-20-55)50-42-19-21-60(45-15-7-10-36-9-4-5-13-41(36)45)34-44(42)56-54(58-50)73-35-39-31-40(33-59(39)2)72-30-29-71-28-27-70-26-25-69-24-8-12-37-11-6-14-43-49(37)53(68)63(52(43)67)46-16-17-47(64)57-51(46)66/h3-7,9-11,13-15,38-40,46H,1,8,12,16-19,21-35H2,2H3,(H,57,64,66)/t38-,39-,40+,46?/m0/s1. The van der Waals surface area contributed by atoms with Crippen LogP contribution < -0.4 is 19.9 Å². The van der Waals surface area contributed by atoms with Crippen molar-refractivity contribution in [2.24, 2.45) is 0 Å². The van der Waals surface area contributed by atoms with Crippen molar-refractivity contribution < 1.29 is 47.7 Å². The second-order valence-electron chi connectivity index (χ2n) is 19.0. The minimum atomic E-state index is -0.999. The lowest BCUT2D eigenvalue weighted by atomic mass is 9.99. The molecular weight excluding hydrogens is 935 g/mol. The molecule has 19 heteroatoms. The number of aromatic nitrogens is 2. The SMILES string of the molecule is C=CC(=O)N1CCN(c2nc(OC[C@@H]3C[C@@H](OCCOCCOCCOCCCc4cccc5c4C(=O)N(C4CCC(=O)NC4=O)C5=O)CN3C)nc3c2CCN(c2cccc4ccccc24)C3)C[C@@H]1CC#N. The molecule has 1 aromatic heterocycles. The van der Waals surface area contributed by atoms with Crippen molar-refractivity contribution in [1.29, 1.82) is 5.26 Å². The number of hydrogen-bond acceptors (Lipinski definition) is 16. The number of aryl methyl sites for hydroxylation is 1. The highest BCUT2D eigenvalue weighted by Gasteiger charge is 2.45. The quantitative estimate of drug-likeness (QED) is 0.0674. The number of carbonyl (C=O) groups excluding carboxylic acids is 5. The zero-order valence-corrected chi connectivity index (χ0v) is 41.4. The predicted octanol–water partition coefficient (Wildman–Crippen LogP) is 3.86. The number of piperazine rings is 1. The van der Waals surface area contributed by atoms with Gasteiger partial charge >= 0.3 is 6.01 Å². The lowest BCUT2D eigenvalue weighted by Crippen LogP contribution is -2.55. The van der Waals surface area contributed by atoms with Crippen LogP contribution in [0.25, 0.3) is 10.8 Å².